The van der Waals surface area contributed by atoms with E-state index in [1.807, 2.05) is 21.1 Å². The highest BCUT2D eigenvalue weighted by atomic mass is 31.2. The Kier molecular flexibility index (Phi) is 31.9. The number of nitrogens with zero attached hydrogens (tertiary/aromatic N) is 1. The highest BCUT2D eigenvalue weighted by molar-refractivity contribution is 7.47. The molecular formula is C38H77NO7P+. The lowest BCUT2D eigenvalue weighted by atomic mass is 10.1. The number of hydrogen-bond donors (Lipinski definition) is 1. The second-order valence-electron chi connectivity index (χ2n) is 14.3. The van der Waals surface area contributed by atoms with Gasteiger partial charge in [0.05, 0.1) is 34.4 Å². The molecule has 9 heteroatoms. The Hall–Kier alpha value is -0.760. The molecule has 0 saturated heterocycles. The summed E-state index contributed by atoms with van der Waals surface area (Å²) in [6.07, 6.45) is 32.4. The fourth-order valence-electron chi connectivity index (χ4n) is 5.25. The van der Waals surface area contributed by atoms with Crippen molar-refractivity contribution in [1.29, 1.82) is 0 Å². The van der Waals surface area contributed by atoms with Gasteiger partial charge < -0.3 is 18.9 Å². The van der Waals surface area contributed by atoms with Crippen molar-refractivity contribution in [1.82, 2.24) is 0 Å². The van der Waals surface area contributed by atoms with E-state index in [9.17, 15) is 14.3 Å². The number of esters is 1. The number of ether oxygens (including phenoxy) is 2. The van der Waals surface area contributed by atoms with Crippen molar-refractivity contribution in [3.63, 3.8) is 0 Å². The molecule has 0 aliphatic rings. The number of phosphoric acid groups is 1. The smallest absolute Gasteiger partial charge is 0.457 e. The van der Waals surface area contributed by atoms with Crippen LogP contribution in [0.2, 0.25) is 0 Å². The van der Waals surface area contributed by atoms with Crippen LogP contribution in [0.1, 0.15) is 168 Å². The number of carbonyl (C=O) groups is 1. The van der Waals surface area contributed by atoms with Crippen LogP contribution in [-0.4, -0.2) is 75.6 Å². The Bertz CT molecular complexity index is 772. The van der Waals surface area contributed by atoms with E-state index in [0.29, 0.717) is 24.1 Å². The zero-order valence-electron chi connectivity index (χ0n) is 31.5. The van der Waals surface area contributed by atoms with Crippen LogP contribution in [0.15, 0.2) is 12.2 Å². The van der Waals surface area contributed by atoms with Crippen molar-refractivity contribution < 1.29 is 37.3 Å². The number of carbonyl (C=O) groups excluding carboxylic acids is 1. The summed E-state index contributed by atoms with van der Waals surface area (Å²) in [5, 5.41) is 0. The van der Waals surface area contributed by atoms with Gasteiger partial charge in [0.25, 0.3) is 0 Å². The molecule has 2 atom stereocenters. The fourth-order valence-corrected chi connectivity index (χ4v) is 5.99. The van der Waals surface area contributed by atoms with Crippen molar-refractivity contribution >= 4 is 13.8 Å². The summed E-state index contributed by atoms with van der Waals surface area (Å²) < 4.78 is 34.7. The van der Waals surface area contributed by atoms with E-state index in [0.717, 1.165) is 32.1 Å². The van der Waals surface area contributed by atoms with E-state index in [1.165, 1.54) is 116 Å². The number of allylic oxidation sites excluding steroid dienone is 2. The lowest BCUT2D eigenvalue weighted by Crippen LogP contribution is -2.37. The Labute approximate surface area is 290 Å². The van der Waals surface area contributed by atoms with Gasteiger partial charge in [-0.1, -0.05) is 135 Å². The van der Waals surface area contributed by atoms with Crippen LogP contribution in [-0.2, 0) is 27.9 Å². The van der Waals surface area contributed by atoms with Crippen LogP contribution in [0.25, 0.3) is 0 Å². The summed E-state index contributed by atoms with van der Waals surface area (Å²) in [5.41, 5.74) is 0. The second-order valence-corrected chi connectivity index (χ2v) is 15.8. The third-order valence-electron chi connectivity index (χ3n) is 8.33. The standard InChI is InChI=1S/C38H76NO7P/c1-6-8-10-12-14-15-16-17-18-19-20-21-22-23-24-25-27-29-31-38(40)46-37(35-43-33-30-28-26-13-11-9-7-2)36-45-47(41,42)44-34-32-39(3,4)5/h18-19,37H,6-17,20-36H2,1-5H3/p+1/b19-18-. The highest BCUT2D eigenvalue weighted by Gasteiger charge is 2.26. The van der Waals surface area contributed by atoms with Gasteiger partial charge in [-0.15, -0.1) is 0 Å². The molecule has 0 bridgehead atoms. The minimum absolute atomic E-state index is 0.0902. The van der Waals surface area contributed by atoms with E-state index < -0.39 is 13.9 Å². The Morgan fingerprint density at radius 2 is 1.11 bits per heavy atom. The first kappa shape index (κ1) is 46.2. The van der Waals surface area contributed by atoms with Crippen molar-refractivity contribution in [3.8, 4) is 0 Å². The molecule has 280 valence electrons. The normalized spacial score (nSPS) is 14.1. The molecule has 0 aromatic rings. The molecule has 1 N–H and O–H groups in total. The van der Waals surface area contributed by atoms with Gasteiger partial charge in [-0.25, -0.2) is 4.57 Å². The average Bonchev–Trinajstić information content (AvgIpc) is 3.01. The molecule has 47 heavy (non-hydrogen) atoms. The van der Waals surface area contributed by atoms with E-state index in [1.54, 1.807) is 0 Å². The third-order valence-corrected chi connectivity index (χ3v) is 9.31. The number of quaternary nitrogens is 1. The molecule has 0 saturated carbocycles. The van der Waals surface area contributed by atoms with Crippen LogP contribution in [0.4, 0.5) is 0 Å². The molecule has 8 nitrogen and oxygen atoms in total. The Morgan fingerprint density at radius 3 is 1.62 bits per heavy atom. The van der Waals surface area contributed by atoms with Crippen molar-refractivity contribution in [2.75, 3.05) is 54.1 Å². The molecule has 0 heterocycles. The molecule has 0 spiro atoms. The van der Waals surface area contributed by atoms with E-state index in [4.69, 9.17) is 18.5 Å². The summed E-state index contributed by atoms with van der Waals surface area (Å²) in [7, 11) is 1.67. The van der Waals surface area contributed by atoms with Gasteiger partial charge in [0.1, 0.15) is 19.3 Å². The quantitative estimate of drug-likeness (QED) is 0.0230. The average molecular weight is 691 g/mol. The molecule has 0 aromatic carbocycles. The largest absolute Gasteiger partial charge is 0.472 e. The third kappa shape index (κ3) is 36.3. The first-order chi connectivity index (χ1) is 22.6. The Morgan fingerprint density at radius 1 is 0.638 bits per heavy atom. The molecule has 0 aliphatic heterocycles. The summed E-state index contributed by atoms with van der Waals surface area (Å²) in [5.74, 6) is -0.319. The number of likely N-dealkylation sites (N-methyl/N-ethyl adjacent to an activating group) is 1. The monoisotopic (exact) mass is 691 g/mol. The number of hydrogen-bond acceptors (Lipinski definition) is 6. The van der Waals surface area contributed by atoms with Gasteiger partial charge >= 0.3 is 13.8 Å². The fraction of sp³-hybridized carbons (Fsp3) is 0.921. The highest BCUT2D eigenvalue weighted by Crippen LogP contribution is 2.43. The van der Waals surface area contributed by atoms with E-state index >= 15 is 0 Å². The van der Waals surface area contributed by atoms with Crippen LogP contribution < -0.4 is 0 Å². The maximum Gasteiger partial charge on any atom is 0.472 e. The van der Waals surface area contributed by atoms with E-state index in [2.05, 4.69) is 26.0 Å². The zero-order valence-corrected chi connectivity index (χ0v) is 32.4. The van der Waals surface area contributed by atoms with Crippen molar-refractivity contribution in [3.05, 3.63) is 12.2 Å². The Balaban J connectivity index is 4.16. The zero-order chi connectivity index (χ0) is 34.9. The summed E-state index contributed by atoms with van der Waals surface area (Å²) in [6, 6.07) is 0. The summed E-state index contributed by atoms with van der Waals surface area (Å²) >= 11 is 0. The number of phosphoric ester groups is 1. The molecule has 0 rings (SSSR count). The number of rotatable bonds is 36. The van der Waals surface area contributed by atoms with Gasteiger partial charge in [-0.3, -0.25) is 13.8 Å². The minimum atomic E-state index is -4.26. The SMILES string of the molecule is CCCCCCCCC/C=C\CCCCCCCCCC(=O)OC(COCCCCCCCCC)COP(=O)(O)OCC[N+](C)(C)C. The lowest BCUT2D eigenvalue weighted by Gasteiger charge is -2.24. The van der Waals surface area contributed by atoms with Gasteiger partial charge in [0.2, 0.25) is 0 Å². The van der Waals surface area contributed by atoms with Crippen molar-refractivity contribution in [2.24, 2.45) is 0 Å². The topological polar surface area (TPSA) is 91.3 Å². The first-order valence-electron chi connectivity index (χ1n) is 19.4. The molecular weight excluding hydrogens is 613 g/mol. The van der Waals surface area contributed by atoms with Crippen LogP contribution in [0, 0.1) is 0 Å². The molecule has 0 aromatic heterocycles. The van der Waals surface area contributed by atoms with E-state index in [-0.39, 0.29) is 25.8 Å². The molecule has 2 unspecified atom stereocenters. The summed E-state index contributed by atoms with van der Waals surface area (Å²) in [6.45, 7) is 5.59. The maximum atomic E-state index is 12.6. The molecule has 0 radical (unpaired) electrons. The van der Waals surface area contributed by atoms with Crippen LogP contribution >= 0.6 is 7.82 Å². The van der Waals surface area contributed by atoms with Gasteiger partial charge in [-0.05, 0) is 38.5 Å². The second kappa shape index (κ2) is 32.4. The lowest BCUT2D eigenvalue weighted by molar-refractivity contribution is -0.870. The number of unbranched alkanes of at least 4 members (excludes halogenated alkanes) is 20. The van der Waals surface area contributed by atoms with Gasteiger partial charge in [-0.2, -0.15) is 0 Å². The predicted octanol–water partition coefficient (Wildman–Crippen LogP) is 10.7. The molecule has 0 fully saturated rings. The minimum Gasteiger partial charge on any atom is -0.457 e. The predicted molar refractivity (Wildman–Crippen MR) is 197 cm³/mol. The van der Waals surface area contributed by atoms with Gasteiger partial charge in [0.15, 0.2) is 0 Å². The van der Waals surface area contributed by atoms with Crippen LogP contribution in [0.3, 0.4) is 0 Å². The first-order valence-corrected chi connectivity index (χ1v) is 20.9. The molecule has 0 aliphatic carbocycles. The van der Waals surface area contributed by atoms with Crippen LogP contribution in [0.5, 0.6) is 0 Å². The van der Waals surface area contributed by atoms with Gasteiger partial charge in [0, 0.05) is 13.0 Å². The molecule has 0 amide bonds. The van der Waals surface area contributed by atoms with Crippen molar-refractivity contribution in [2.45, 2.75) is 174 Å². The maximum absolute atomic E-state index is 12.6. The summed E-state index contributed by atoms with van der Waals surface area (Å²) in [4.78, 5) is 22.7.